The van der Waals surface area contributed by atoms with E-state index < -0.39 is 27.6 Å². The molecule has 0 aliphatic carbocycles. The molecule has 0 amide bonds. The van der Waals surface area contributed by atoms with Crippen LogP contribution < -0.4 is 0 Å². The minimum absolute atomic E-state index is 0.0191. The molecule has 1 heterocycles. The van der Waals surface area contributed by atoms with Crippen LogP contribution in [-0.2, 0) is 9.09 Å². The predicted molar refractivity (Wildman–Crippen MR) is 80.8 cm³/mol. The van der Waals surface area contributed by atoms with Crippen molar-refractivity contribution < 1.29 is 32.3 Å². The molecular weight excluding hydrogens is 357 g/mol. The van der Waals surface area contributed by atoms with Gasteiger partial charge in [-0.3, -0.25) is 9.55 Å². The van der Waals surface area contributed by atoms with Crippen molar-refractivity contribution >= 4 is 41.5 Å². The van der Waals surface area contributed by atoms with Crippen LogP contribution in [0.5, 0.6) is 0 Å². The van der Waals surface area contributed by atoms with Gasteiger partial charge in [-0.15, -0.1) is 0 Å². The zero-order chi connectivity index (χ0) is 16.5. The molecule has 3 unspecified atom stereocenters. The van der Waals surface area contributed by atoms with Gasteiger partial charge in [-0.05, 0) is 33.2 Å². The van der Waals surface area contributed by atoms with Gasteiger partial charge in [0, 0.05) is 17.1 Å². The van der Waals surface area contributed by atoms with Crippen LogP contribution in [0, 0.1) is 0 Å². The molecule has 0 fully saturated rings. The maximum atomic E-state index is 13.7. The number of fused-ring (bicyclic) bond motifs is 1. The van der Waals surface area contributed by atoms with Gasteiger partial charge in [-0.25, -0.2) is 9.18 Å². The Kier molecular flexibility index (Phi) is 5.21. The summed E-state index contributed by atoms with van der Waals surface area (Å²) in [5.41, 5.74) is 0.0855. The number of hydrogen-bond acceptors (Lipinski definition) is 4. The third-order valence-corrected chi connectivity index (χ3v) is 4.22. The van der Waals surface area contributed by atoms with Gasteiger partial charge in [0.05, 0.1) is 11.1 Å². The SMILES string of the molecule is O=C(OP(F)P)c1ccc2ncc(C(F)P(=O)(O)O)cc2c1. The van der Waals surface area contributed by atoms with Crippen molar-refractivity contribution in [1.29, 1.82) is 0 Å². The highest BCUT2D eigenvalue weighted by Crippen LogP contribution is 2.52. The van der Waals surface area contributed by atoms with Gasteiger partial charge < -0.3 is 14.3 Å². The summed E-state index contributed by atoms with van der Waals surface area (Å²) >= 11 is 0. The summed E-state index contributed by atoms with van der Waals surface area (Å²) in [5, 5.41) is 0.273. The molecule has 1 aromatic carbocycles. The number of carbonyl (C=O) groups excluding carboxylic acids is 1. The minimum Gasteiger partial charge on any atom is -0.406 e. The fraction of sp³-hybridized carbons (Fsp3) is 0.0909. The van der Waals surface area contributed by atoms with Gasteiger partial charge in [-0.1, -0.05) is 0 Å². The number of aromatic nitrogens is 1. The van der Waals surface area contributed by atoms with Crippen molar-refractivity contribution in [1.82, 2.24) is 4.98 Å². The Morgan fingerprint density at radius 3 is 2.68 bits per heavy atom. The molecule has 1 aromatic heterocycles. The van der Waals surface area contributed by atoms with Crippen LogP contribution in [0.1, 0.15) is 21.8 Å². The number of carbonyl (C=O) groups is 1. The van der Waals surface area contributed by atoms with Gasteiger partial charge in [0.15, 0.2) is 0 Å². The normalized spacial score (nSPS) is 14.6. The molecule has 2 rings (SSSR count). The fourth-order valence-electron chi connectivity index (χ4n) is 1.73. The summed E-state index contributed by atoms with van der Waals surface area (Å²) in [6.45, 7) is 0. The molecule has 0 saturated carbocycles. The lowest BCUT2D eigenvalue weighted by Crippen LogP contribution is -2.00. The van der Waals surface area contributed by atoms with Gasteiger partial charge in [0.1, 0.15) is 0 Å². The largest absolute Gasteiger partial charge is 0.406 e. The lowest BCUT2D eigenvalue weighted by atomic mass is 10.1. The second-order valence-corrected chi connectivity index (χ2v) is 7.83. The summed E-state index contributed by atoms with van der Waals surface area (Å²) in [6, 6.07) is 5.24. The first kappa shape index (κ1) is 17.3. The second kappa shape index (κ2) is 6.61. The lowest BCUT2D eigenvalue weighted by Gasteiger charge is -2.11. The molecule has 0 aliphatic heterocycles. The molecule has 22 heavy (non-hydrogen) atoms. The highest BCUT2D eigenvalue weighted by Gasteiger charge is 2.30. The quantitative estimate of drug-likeness (QED) is 0.802. The Labute approximate surface area is 127 Å². The Balaban J connectivity index is 2.43. The van der Waals surface area contributed by atoms with E-state index in [1.807, 2.05) is 0 Å². The highest BCUT2D eigenvalue weighted by molar-refractivity contribution is 8.08. The monoisotopic (exact) mass is 367 g/mol. The third kappa shape index (κ3) is 4.03. The van der Waals surface area contributed by atoms with E-state index in [0.717, 1.165) is 6.20 Å². The Hall–Kier alpha value is -1.03. The Morgan fingerprint density at radius 1 is 1.41 bits per heavy atom. The van der Waals surface area contributed by atoms with E-state index in [1.165, 1.54) is 24.3 Å². The average molecular weight is 367 g/mol. The molecule has 0 aliphatic rings. The van der Waals surface area contributed by atoms with Crippen LogP contribution in [0.4, 0.5) is 8.59 Å². The number of alkyl halides is 1. The van der Waals surface area contributed by atoms with E-state index >= 15 is 0 Å². The summed E-state index contributed by atoms with van der Waals surface area (Å²) in [6.07, 6.45) is 1.01. The fourth-order valence-corrected chi connectivity index (χ4v) is 2.81. The molecule has 2 aromatic rings. The predicted octanol–water partition coefficient (Wildman–Crippen LogP) is 3.61. The van der Waals surface area contributed by atoms with E-state index in [2.05, 4.69) is 9.51 Å². The first-order valence-corrected chi connectivity index (χ1v) is 10.2. The van der Waals surface area contributed by atoms with E-state index in [9.17, 15) is 17.9 Å². The molecule has 11 heteroatoms. The second-order valence-electron chi connectivity index (χ2n) is 4.25. The lowest BCUT2D eigenvalue weighted by molar-refractivity contribution is 0.0751. The van der Waals surface area contributed by atoms with Gasteiger partial charge in [-0.2, -0.15) is 4.20 Å². The smallest absolute Gasteiger partial charge is 0.364 e. The van der Waals surface area contributed by atoms with Crippen molar-refractivity contribution in [3.63, 3.8) is 0 Å². The summed E-state index contributed by atoms with van der Waals surface area (Å²) in [5.74, 6) is -3.41. The molecule has 0 bridgehead atoms. The van der Waals surface area contributed by atoms with Crippen molar-refractivity contribution in [2.24, 2.45) is 0 Å². The van der Waals surface area contributed by atoms with Crippen molar-refractivity contribution in [3.8, 4) is 0 Å². The number of nitrogens with zero attached hydrogens (tertiary/aromatic N) is 1. The van der Waals surface area contributed by atoms with Crippen molar-refractivity contribution in [3.05, 3.63) is 41.6 Å². The van der Waals surface area contributed by atoms with Crippen LogP contribution in [0.25, 0.3) is 10.9 Å². The van der Waals surface area contributed by atoms with E-state index in [4.69, 9.17) is 9.79 Å². The first-order valence-electron chi connectivity index (χ1n) is 5.70. The topological polar surface area (TPSA) is 96.7 Å². The number of hydrogen-bond donors (Lipinski definition) is 2. The van der Waals surface area contributed by atoms with Crippen LogP contribution >= 0.6 is 24.7 Å². The molecule has 6 nitrogen and oxygen atoms in total. The van der Waals surface area contributed by atoms with Crippen LogP contribution in [0.3, 0.4) is 0 Å². The highest BCUT2D eigenvalue weighted by atomic mass is 32.0. The van der Waals surface area contributed by atoms with Gasteiger partial charge in [0.25, 0.3) is 8.15 Å². The zero-order valence-corrected chi connectivity index (χ0v) is 13.7. The van der Waals surface area contributed by atoms with Crippen LogP contribution in [0.2, 0.25) is 0 Å². The number of benzene rings is 1. The first-order chi connectivity index (χ1) is 10.2. The standard InChI is InChI=1S/C11H10F2NO5P3/c12-10(22(16,17)18)8-4-7-3-6(11(15)19-21(13)20)1-2-9(7)14-5-8/h1-5,10H,20H2,(H2,16,17,18). The van der Waals surface area contributed by atoms with Gasteiger partial charge in [0.2, 0.25) is 5.91 Å². The Morgan fingerprint density at radius 2 is 2.09 bits per heavy atom. The van der Waals surface area contributed by atoms with Gasteiger partial charge >= 0.3 is 13.6 Å². The molecule has 118 valence electrons. The average Bonchev–Trinajstić information content (AvgIpc) is 2.43. The van der Waals surface area contributed by atoms with Crippen LogP contribution in [-0.4, -0.2) is 20.7 Å². The van der Waals surface area contributed by atoms with Crippen molar-refractivity contribution in [2.45, 2.75) is 5.91 Å². The van der Waals surface area contributed by atoms with E-state index in [0.29, 0.717) is 5.52 Å². The maximum absolute atomic E-state index is 13.7. The zero-order valence-electron chi connectivity index (χ0n) is 10.8. The van der Waals surface area contributed by atoms with Crippen LogP contribution in [0.15, 0.2) is 30.5 Å². The third-order valence-electron chi connectivity index (χ3n) is 2.68. The molecule has 0 spiro atoms. The molecule has 3 atom stereocenters. The summed E-state index contributed by atoms with van der Waals surface area (Å²) < 4.78 is 41.7. The summed E-state index contributed by atoms with van der Waals surface area (Å²) in [7, 11) is -5.68. The molecular formula is C11H10F2NO5P3. The minimum atomic E-state index is -4.95. The number of rotatable bonds is 4. The maximum Gasteiger partial charge on any atom is 0.364 e. The molecule has 0 saturated heterocycles. The van der Waals surface area contributed by atoms with E-state index in [1.54, 1.807) is 8.93 Å². The van der Waals surface area contributed by atoms with Crippen molar-refractivity contribution in [2.75, 3.05) is 0 Å². The summed E-state index contributed by atoms with van der Waals surface area (Å²) in [4.78, 5) is 33.2. The van der Waals surface area contributed by atoms with E-state index in [-0.39, 0.29) is 16.5 Å². The number of halogens is 2. The Bertz CT molecular complexity index is 766. The molecule has 2 N–H and O–H groups in total. The molecule has 0 radical (unpaired) electrons. The number of pyridine rings is 1.